The van der Waals surface area contributed by atoms with E-state index in [1.165, 1.54) is 0 Å². The largest absolute Gasteiger partial charge is 0.412 e. The third-order valence-corrected chi connectivity index (χ3v) is 0. The lowest BCUT2D eigenvalue weighted by Crippen LogP contribution is -0.382. The Morgan fingerprint density at radius 3 is 0.250 bits per heavy atom. The van der Waals surface area contributed by atoms with Crippen molar-refractivity contribution < 1.29 is 71.2 Å². The molecule has 0 aromatic rings. The van der Waals surface area contributed by atoms with Crippen LogP contribution < -0.4 is 0 Å². The van der Waals surface area contributed by atoms with Crippen molar-refractivity contribution in [3.05, 3.63) is 0 Å². The van der Waals surface area contributed by atoms with E-state index in [1.807, 2.05) is 0 Å². The molecule has 0 saturated carbocycles. The molecule has 0 aliphatic carbocycles. The van der Waals surface area contributed by atoms with Gasteiger partial charge in [0.15, 0.2) is 17.4 Å². The molecule has 0 amide bonds. The standard InChI is InChI=1S/Al.ClH.Mg.13H2O.5H/h;1H;;13*1H2;;;;;. The zero-order chi connectivity index (χ0) is 0. The number of halogens is 1. The van der Waals surface area contributed by atoms with Crippen LogP contribution in [0.5, 0.6) is 0 Å². The van der Waals surface area contributed by atoms with Gasteiger partial charge in [0.1, 0.15) is 0 Å². The van der Waals surface area contributed by atoms with Gasteiger partial charge in [-0.3, -0.25) is 0 Å². The van der Waals surface area contributed by atoms with Crippen molar-refractivity contribution in [2.24, 2.45) is 0 Å². The molecule has 0 aromatic carbocycles. The average molecular weight is 327 g/mol. The van der Waals surface area contributed by atoms with Crippen LogP contribution >= 0.6 is 12.4 Å². The van der Waals surface area contributed by atoms with E-state index in [9.17, 15) is 0 Å². The fourth-order valence-corrected chi connectivity index (χ4v) is 0. The summed E-state index contributed by atoms with van der Waals surface area (Å²) in [5.74, 6) is 0. The average Bonchev–Trinajstić information content (AvgIpc) is 0. The summed E-state index contributed by atoms with van der Waals surface area (Å²) in [7, 11) is 0. The van der Waals surface area contributed by atoms with E-state index in [0.717, 1.165) is 0 Å². The van der Waals surface area contributed by atoms with E-state index >= 15 is 0 Å². The minimum atomic E-state index is 0. The molecule has 0 atom stereocenters. The van der Waals surface area contributed by atoms with Crippen molar-refractivity contribution in [3.63, 3.8) is 0 Å². The second-order valence-corrected chi connectivity index (χ2v) is 0. The lowest BCUT2D eigenvalue weighted by atomic mass is 16.0. The lowest BCUT2D eigenvalue weighted by molar-refractivity contribution is 0.823. The molecular weight excluding hydrogens is 295 g/mol. The fraction of sp³-hybridized carbons (Fsp3) is 0. The monoisotopic (exact) mass is 326 g/mol. The highest BCUT2D eigenvalue weighted by molar-refractivity contribution is 5.85. The normalized spacial score (nSPS) is 0. The Labute approximate surface area is 124 Å². The Balaban J connectivity index is 0. The first-order valence-electron chi connectivity index (χ1n) is 0. The van der Waals surface area contributed by atoms with Crippen LogP contribution in [0, 0.1) is 0 Å². The van der Waals surface area contributed by atoms with E-state index in [0.29, 0.717) is 0 Å². The Morgan fingerprint density at radius 1 is 0.250 bits per heavy atom. The molecule has 16 heavy (non-hydrogen) atoms. The molecule has 0 rings (SSSR count). The van der Waals surface area contributed by atoms with Crippen LogP contribution in [0.2, 0.25) is 0 Å². The van der Waals surface area contributed by atoms with Gasteiger partial charge in [0.05, 0.1) is 0 Å². The smallest absolute Gasteiger partial charge is 0.316 e. The molecule has 0 aliphatic heterocycles. The van der Waals surface area contributed by atoms with E-state index in [2.05, 4.69) is 0 Å². The minimum absolute atomic E-state index is 0. The topological polar surface area (TPSA) is 410 Å². The van der Waals surface area contributed by atoms with E-state index in [1.54, 1.807) is 0 Å². The molecule has 0 aromatic heterocycles. The maximum absolute atomic E-state index is 0. The van der Waals surface area contributed by atoms with Gasteiger partial charge in [-0.05, 0) is 0 Å². The summed E-state index contributed by atoms with van der Waals surface area (Å²) in [6, 6.07) is 0. The van der Waals surface area contributed by atoms with Crippen molar-refractivity contribution in [1.82, 2.24) is 0 Å². The highest BCUT2D eigenvalue weighted by Gasteiger charge is 0.316. The summed E-state index contributed by atoms with van der Waals surface area (Å²) in [5.41, 5.74) is 0. The van der Waals surface area contributed by atoms with Gasteiger partial charge in [-0.2, -0.15) is 0 Å². The summed E-state index contributed by atoms with van der Waals surface area (Å²) >= 11 is 0. The Morgan fingerprint density at radius 2 is 0.250 bits per heavy atom. The first-order valence-corrected chi connectivity index (χ1v) is 0. The first-order chi connectivity index (χ1) is 0. The summed E-state index contributed by atoms with van der Waals surface area (Å²) in [6.45, 7) is 0. The number of rotatable bonds is 0. The molecule has 0 radical (unpaired) electrons. The molecule has 0 spiro atoms. The van der Waals surface area contributed by atoms with E-state index < -0.39 is 0 Å². The molecule has 13 nitrogen and oxygen atoms in total. The lowest BCUT2D eigenvalue weighted by Gasteiger charge is -0.413. The molecule has 0 heterocycles. The van der Waals surface area contributed by atoms with Crippen LogP contribution in [-0.4, -0.2) is 112 Å². The highest BCUT2D eigenvalue weighted by Crippen LogP contribution is 0.690. The quantitative estimate of drug-likeness (QED) is 0.373. The predicted molar refractivity (Wildman–Crippen MR) is 72.7 cm³/mol. The molecule has 0 saturated heterocycles. The summed E-state index contributed by atoms with van der Waals surface area (Å²) in [5, 5.41) is 0. The third-order valence-electron chi connectivity index (χ3n) is 0. The maximum atomic E-state index is 0. The van der Waals surface area contributed by atoms with E-state index in [4.69, 9.17) is 0 Å². The van der Waals surface area contributed by atoms with Crippen LogP contribution in [0.15, 0.2) is 0 Å². The second kappa shape index (κ2) is 3190. The van der Waals surface area contributed by atoms with Gasteiger partial charge in [0.2, 0.25) is 0 Å². The Bertz CT molecular complexity index is 15.9. The van der Waals surface area contributed by atoms with Gasteiger partial charge in [0, 0.05) is 0 Å². The van der Waals surface area contributed by atoms with Crippen LogP contribution in [0.25, 0.3) is 0 Å². The van der Waals surface area contributed by atoms with Gasteiger partial charge in [-0.1, -0.05) is 0 Å². The molecular formula is H32AlClMgO13. The summed E-state index contributed by atoms with van der Waals surface area (Å²) in [6.07, 6.45) is 0. The summed E-state index contributed by atoms with van der Waals surface area (Å²) in [4.78, 5) is 0. The van der Waals surface area contributed by atoms with Crippen LogP contribution in [0.4, 0.5) is 0 Å². The number of hydrogen-bond donors (Lipinski definition) is 0. The minimum Gasteiger partial charge on any atom is -0.412 e. The highest BCUT2D eigenvalue weighted by atomic mass is 35.5. The van der Waals surface area contributed by atoms with Crippen molar-refractivity contribution in [2.45, 2.75) is 0 Å². The van der Waals surface area contributed by atoms with Crippen LogP contribution in [0.3, 0.4) is 0 Å². The molecule has 0 aliphatic rings. The zero-order valence-electron chi connectivity index (χ0n) is 6.91. The van der Waals surface area contributed by atoms with E-state index in [-0.39, 0.29) is 124 Å². The molecule has 26 N–H and O–H groups in total. The van der Waals surface area contributed by atoms with Crippen LogP contribution in [-0.2, 0) is 0 Å². The van der Waals surface area contributed by atoms with Crippen molar-refractivity contribution >= 4 is 52.8 Å². The molecule has 122 valence electrons. The molecule has 0 bridgehead atoms. The van der Waals surface area contributed by atoms with Gasteiger partial charge in [0.25, 0.3) is 0 Å². The fourth-order valence-electron chi connectivity index (χ4n) is 0. The third kappa shape index (κ3) is 2610. The zero-order valence-corrected chi connectivity index (χ0v) is 7.72. The van der Waals surface area contributed by atoms with Crippen molar-refractivity contribution in [3.8, 4) is 0 Å². The Kier molecular flexibility index (Phi) is 770000. The Hall–Kier alpha value is 1.07. The van der Waals surface area contributed by atoms with Crippen molar-refractivity contribution in [2.75, 3.05) is 0 Å². The van der Waals surface area contributed by atoms with Gasteiger partial charge in [-0.25, -0.2) is 0 Å². The predicted octanol–water partition coefficient (Wildman–Crippen LogP) is -12.4. The number of hydrogen-bond acceptors (Lipinski definition) is 0. The molecule has 16 heteroatoms. The van der Waals surface area contributed by atoms with Crippen molar-refractivity contribution in [1.29, 1.82) is 0 Å². The molecule has 0 unspecified atom stereocenters. The van der Waals surface area contributed by atoms with Gasteiger partial charge < -0.3 is 71.2 Å². The van der Waals surface area contributed by atoms with Gasteiger partial charge >= 0.3 is 23.1 Å². The molecule has 0 fully saturated rings. The maximum Gasteiger partial charge on any atom is 0.316 e. The van der Waals surface area contributed by atoms with Crippen LogP contribution in [0.1, 0.15) is 0 Å². The second-order valence-electron chi connectivity index (χ2n) is 0. The SMILES string of the molecule is Cl.O.O.O.O.O.O.O.O.O.O.O.O.O.[AlH3].[MgH2]. The van der Waals surface area contributed by atoms with Gasteiger partial charge in [-0.15, -0.1) is 12.4 Å². The summed E-state index contributed by atoms with van der Waals surface area (Å²) < 4.78 is 0. The first kappa shape index (κ1) is 3860.